The van der Waals surface area contributed by atoms with Crippen LogP contribution in [0.25, 0.3) is 5.69 Å². The summed E-state index contributed by atoms with van der Waals surface area (Å²) in [7, 11) is 0. The molecule has 0 amide bonds. The molecule has 0 bridgehead atoms. The monoisotopic (exact) mass is 529 g/mol. The third kappa shape index (κ3) is 6.21. The average molecular weight is 529 g/mol. The second-order valence-corrected chi connectivity index (χ2v) is 7.12. The normalized spacial score (nSPS) is 10.9. The Kier molecular flexibility index (Phi) is 8.88. The highest BCUT2D eigenvalue weighted by Crippen LogP contribution is 2.22. The summed E-state index contributed by atoms with van der Waals surface area (Å²) in [6.07, 6.45) is 2.26. The minimum absolute atomic E-state index is 0. The third-order valence-corrected chi connectivity index (χ3v) is 4.85. The molecule has 5 N–H and O–H groups in total. The van der Waals surface area contributed by atoms with E-state index in [1.165, 1.54) is 5.56 Å². The Labute approximate surface area is 200 Å². The Balaban J connectivity index is 0.00000341. The van der Waals surface area contributed by atoms with Crippen LogP contribution >= 0.6 is 24.0 Å². The third-order valence-electron chi connectivity index (χ3n) is 4.85. The van der Waals surface area contributed by atoms with Gasteiger partial charge in [0.25, 0.3) is 0 Å². The van der Waals surface area contributed by atoms with E-state index in [2.05, 4.69) is 40.5 Å². The summed E-state index contributed by atoms with van der Waals surface area (Å²) in [5.74, 6) is 0.727. The van der Waals surface area contributed by atoms with Crippen molar-refractivity contribution in [1.29, 1.82) is 5.26 Å². The molecule has 0 unspecified atom stereocenters. The van der Waals surface area contributed by atoms with Gasteiger partial charge >= 0.3 is 0 Å². The van der Waals surface area contributed by atoms with Gasteiger partial charge in [-0.2, -0.15) is 10.4 Å². The minimum atomic E-state index is 0. The molecule has 3 rings (SSSR count). The fourth-order valence-corrected chi connectivity index (χ4v) is 3.16. The molecule has 0 radical (unpaired) electrons. The number of aromatic nitrogens is 2. The fraction of sp³-hybridized carbons (Fsp3) is 0.261. The first-order valence-electron chi connectivity index (χ1n) is 10.0. The lowest BCUT2D eigenvalue weighted by Crippen LogP contribution is -2.23. The average Bonchev–Trinajstić information content (AvgIpc) is 3.07. The van der Waals surface area contributed by atoms with Crippen LogP contribution in [0.1, 0.15) is 35.7 Å². The smallest absolute Gasteiger partial charge is 0.193 e. The maximum Gasteiger partial charge on any atom is 0.193 e. The number of nitrogens with two attached hydrogens (primary N) is 2. The van der Waals surface area contributed by atoms with Crippen LogP contribution in [0.5, 0.6) is 0 Å². The van der Waals surface area contributed by atoms with Crippen molar-refractivity contribution in [3.05, 3.63) is 70.9 Å². The molecule has 1 aromatic heterocycles. The van der Waals surface area contributed by atoms with Gasteiger partial charge in [-0.3, -0.25) is 4.99 Å². The Morgan fingerprint density at radius 1 is 1.23 bits per heavy atom. The van der Waals surface area contributed by atoms with Crippen molar-refractivity contribution < 1.29 is 0 Å². The van der Waals surface area contributed by atoms with E-state index in [-0.39, 0.29) is 24.0 Å². The van der Waals surface area contributed by atoms with E-state index in [0.717, 1.165) is 23.4 Å². The molecular formula is C23H28IN7. The maximum absolute atomic E-state index is 9.51. The Hall–Kier alpha value is -3.06. The van der Waals surface area contributed by atoms with E-state index in [1.54, 1.807) is 4.68 Å². The Morgan fingerprint density at radius 3 is 2.65 bits per heavy atom. The highest BCUT2D eigenvalue weighted by Gasteiger charge is 2.16. The number of hydrogen-bond donors (Lipinski definition) is 3. The second kappa shape index (κ2) is 11.4. The molecular weight excluding hydrogens is 501 g/mol. The van der Waals surface area contributed by atoms with Gasteiger partial charge in [0, 0.05) is 12.2 Å². The summed E-state index contributed by atoms with van der Waals surface area (Å²) in [5.41, 5.74) is 17.4. The number of aliphatic imine (C=N–C) groups is 1. The zero-order valence-corrected chi connectivity index (χ0v) is 20.1. The van der Waals surface area contributed by atoms with Crippen molar-refractivity contribution in [2.75, 3.05) is 17.6 Å². The molecule has 7 nitrogen and oxygen atoms in total. The van der Waals surface area contributed by atoms with Gasteiger partial charge in [0.1, 0.15) is 17.5 Å². The lowest BCUT2D eigenvalue weighted by atomic mass is 10.1. The van der Waals surface area contributed by atoms with Crippen LogP contribution in [0.3, 0.4) is 0 Å². The number of rotatable bonds is 7. The largest absolute Gasteiger partial charge is 0.382 e. The first kappa shape index (κ1) is 24.2. The molecule has 1 heterocycles. The van der Waals surface area contributed by atoms with Crippen LogP contribution < -0.4 is 16.8 Å². The second-order valence-electron chi connectivity index (χ2n) is 7.12. The lowest BCUT2D eigenvalue weighted by molar-refractivity contribution is 0.776. The molecule has 3 aromatic rings. The summed E-state index contributed by atoms with van der Waals surface area (Å²) in [6.45, 7) is 4.65. The van der Waals surface area contributed by atoms with E-state index in [0.29, 0.717) is 42.4 Å². The van der Waals surface area contributed by atoms with E-state index in [4.69, 9.17) is 11.5 Å². The summed E-state index contributed by atoms with van der Waals surface area (Å²) in [4.78, 5) is 4.38. The van der Waals surface area contributed by atoms with Crippen molar-refractivity contribution in [2.45, 2.75) is 33.1 Å². The highest BCUT2D eigenvalue weighted by molar-refractivity contribution is 14.0. The van der Waals surface area contributed by atoms with E-state index in [1.807, 2.05) is 43.3 Å². The molecule has 162 valence electrons. The van der Waals surface area contributed by atoms with E-state index >= 15 is 0 Å². The number of nitrogen functional groups attached to an aromatic ring is 1. The number of aryl methyl sites for hydroxylation is 3. The standard InChI is InChI=1S/C23H27N7.HI/c1-3-17-6-4-7-18(14-17)28-23(26)27-13-5-8-21-20(15-24)22(25)30(29-21)19-11-9-16(2)10-12-19;/h4,6-7,9-12,14H,3,5,8,13,25H2,1-2H3,(H3,26,27,28);1H. The van der Waals surface area contributed by atoms with Gasteiger partial charge < -0.3 is 16.8 Å². The number of halogens is 1. The van der Waals surface area contributed by atoms with Crippen LogP contribution in [0.15, 0.2) is 53.5 Å². The molecule has 0 aliphatic rings. The Bertz CT molecular complexity index is 1080. The first-order valence-corrected chi connectivity index (χ1v) is 10.0. The van der Waals surface area contributed by atoms with Gasteiger partial charge in [-0.1, -0.05) is 36.8 Å². The van der Waals surface area contributed by atoms with E-state index < -0.39 is 0 Å². The number of nitrogens with zero attached hydrogens (tertiary/aromatic N) is 4. The van der Waals surface area contributed by atoms with Gasteiger partial charge in [-0.15, -0.1) is 24.0 Å². The van der Waals surface area contributed by atoms with E-state index in [9.17, 15) is 5.26 Å². The number of nitriles is 1. The molecule has 8 heteroatoms. The SMILES string of the molecule is CCc1cccc(NC(N)=NCCCc2nn(-c3ccc(C)cc3)c(N)c2C#N)c1.I. The van der Waals surface area contributed by atoms with Gasteiger partial charge in [-0.25, -0.2) is 4.68 Å². The van der Waals surface area contributed by atoms with Crippen molar-refractivity contribution in [3.63, 3.8) is 0 Å². The van der Waals surface area contributed by atoms with Crippen LogP contribution in [0, 0.1) is 18.3 Å². The maximum atomic E-state index is 9.51. The first-order chi connectivity index (χ1) is 14.5. The van der Waals surface area contributed by atoms with Gasteiger partial charge in [-0.05, 0) is 56.0 Å². The van der Waals surface area contributed by atoms with Crippen LogP contribution in [-0.4, -0.2) is 22.3 Å². The Morgan fingerprint density at radius 2 is 1.97 bits per heavy atom. The molecule has 0 fully saturated rings. The van der Waals surface area contributed by atoms with Gasteiger partial charge in [0.2, 0.25) is 0 Å². The molecule has 0 saturated carbocycles. The number of hydrogen-bond acceptors (Lipinski definition) is 4. The predicted molar refractivity (Wildman–Crippen MR) is 137 cm³/mol. The van der Waals surface area contributed by atoms with Crippen molar-refractivity contribution in [3.8, 4) is 11.8 Å². The molecule has 0 saturated heterocycles. The number of anilines is 2. The summed E-state index contributed by atoms with van der Waals surface area (Å²) in [5, 5.41) is 17.2. The number of nitrogens with one attached hydrogen (secondary N) is 1. The summed E-state index contributed by atoms with van der Waals surface area (Å²) < 4.78 is 1.62. The molecule has 0 spiro atoms. The molecule has 2 aromatic carbocycles. The number of benzene rings is 2. The molecule has 0 aliphatic carbocycles. The number of guanidine groups is 1. The van der Waals surface area contributed by atoms with Gasteiger partial charge in [0.05, 0.1) is 11.4 Å². The minimum Gasteiger partial charge on any atom is -0.382 e. The summed E-state index contributed by atoms with van der Waals surface area (Å²) in [6, 6.07) is 18.1. The highest BCUT2D eigenvalue weighted by atomic mass is 127. The van der Waals surface area contributed by atoms with Crippen LogP contribution in [0.4, 0.5) is 11.5 Å². The van der Waals surface area contributed by atoms with Crippen molar-refractivity contribution >= 4 is 41.4 Å². The molecule has 0 aliphatic heterocycles. The molecule has 0 atom stereocenters. The lowest BCUT2D eigenvalue weighted by Gasteiger charge is -2.07. The quantitative estimate of drug-likeness (QED) is 0.184. The zero-order valence-electron chi connectivity index (χ0n) is 17.8. The topological polar surface area (TPSA) is 118 Å². The van der Waals surface area contributed by atoms with Crippen LogP contribution in [-0.2, 0) is 12.8 Å². The van der Waals surface area contributed by atoms with Crippen molar-refractivity contribution in [2.24, 2.45) is 10.7 Å². The van der Waals surface area contributed by atoms with Crippen LogP contribution in [0.2, 0.25) is 0 Å². The summed E-state index contributed by atoms with van der Waals surface area (Å²) >= 11 is 0. The molecule has 31 heavy (non-hydrogen) atoms. The predicted octanol–water partition coefficient (Wildman–Crippen LogP) is 4.17. The van der Waals surface area contributed by atoms with Crippen molar-refractivity contribution in [1.82, 2.24) is 9.78 Å². The zero-order chi connectivity index (χ0) is 21.5. The fourth-order valence-electron chi connectivity index (χ4n) is 3.16. The van der Waals surface area contributed by atoms with Gasteiger partial charge in [0.15, 0.2) is 5.96 Å².